The van der Waals surface area contributed by atoms with E-state index in [4.69, 9.17) is 5.11 Å². The number of aryl methyl sites for hydroxylation is 1. The summed E-state index contributed by atoms with van der Waals surface area (Å²) >= 11 is 0. The number of alkyl halides is 1. The highest BCUT2D eigenvalue weighted by Crippen LogP contribution is 2.52. The summed E-state index contributed by atoms with van der Waals surface area (Å²) < 4.78 is 13.2. The molecule has 112 valence electrons. The summed E-state index contributed by atoms with van der Waals surface area (Å²) in [5.41, 5.74) is 0.427. The molecule has 1 amide bonds. The lowest BCUT2D eigenvalue weighted by molar-refractivity contribution is 0.0498. The molecule has 2 atom stereocenters. The molecule has 3 rings (SSSR count). The largest absolute Gasteiger partial charge is 0.478 e. The van der Waals surface area contributed by atoms with E-state index >= 15 is 0 Å². The molecule has 2 fully saturated rings. The molecular weight excluding hydrogens is 275 g/mol. The Hall–Kier alpha value is -1.98. The molecule has 0 aromatic carbocycles. The first-order chi connectivity index (χ1) is 9.97. The van der Waals surface area contributed by atoms with E-state index in [0.717, 1.165) is 12.8 Å². The summed E-state index contributed by atoms with van der Waals surface area (Å²) in [5, 5.41) is 9.01. The fourth-order valence-electron chi connectivity index (χ4n) is 3.37. The SMILES string of the molecule is Cc1ncc(C(=O)O)cc1C(=O)N1C[C@@H]2CC[C@]2(CF)C1. The van der Waals surface area contributed by atoms with Crippen LogP contribution in [0.3, 0.4) is 0 Å². The van der Waals surface area contributed by atoms with Crippen molar-refractivity contribution in [3.63, 3.8) is 0 Å². The number of halogens is 1. The second-order valence-electron chi connectivity index (χ2n) is 6.08. The number of carboxylic acids is 1. The van der Waals surface area contributed by atoms with Crippen molar-refractivity contribution < 1.29 is 19.1 Å². The number of aromatic carboxylic acids is 1. The van der Waals surface area contributed by atoms with Gasteiger partial charge in [-0.25, -0.2) is 4.79 Å². The van der Waals surface area contributed by atoms with Crippen LogP contribution in [0.4, 0.5) is 4.39 Å². The predicted molar refractivity (Wildman–Crippen MR) is 73.0 cm³/mol. The van der Waals surface area contributed by atoms with Crippen LogP contribution in [0.2, 0.25) is 0 Å². The number of nitrogens with zero attached hydrogens (tertiary/aromatic N) is 2. The van der Waals surface area contributed by atoms with Gasteiger partial charge in [-0.05, 0) is 31.7 Å². The number of carbonyl (C=O) groups is 2. The maximum Gasteiger partial charge on any atom is 0.337 e. The zero-order valence-corrected chi connectivity index (χ0v) is 11.8. The van der Waals surface area contributed by atoms with Crippen LogP contribution in [-0.2, 0) is 0 Å². The summed E-state index contributed by atoms with van der Waals surface area (Å²) in [6, 6.07) is 1.36. The summed E-state index contributed by atoms with van der Waals surface area (Å²) in [7, 11) is 0. The minimum absolute atomic E-state index is 0.00803. The number of carbonyl (C=O) groups excluding carboxylic acids is 1. The third-order valence-corrected chi connectivity index (χ3v) is 4.92. The molecule has 5 nitrogen and oxygen atoms in total. The molecule has 0 radical (unpaired) electrons. The van der Waals surface area contributed by atoms with E-state index in [1.165, 1.54) is 12.3 Å². The van der Waals surface area contributed by atoms with Crippen molar-refractivity contribution in [3.05, 3.63) is 29.1 Å². The van der Waals surface area contributed by atoms with Crippen molar-refractivity contribution in [3.8, 4) is 0 Å². The fourth-order valence-corrected chi connectivity index (χ4v) is 3.37. The lowest BCUT2D eigenvalue weighted by atomic mass is 9.63. The Labute approximate surface area is 121 Å². The summed E-state index contributed by atoms with van der Waals surface area (Å²) in [6.45, 7) is 2.26. The van der Waals surface area contributed by atoms with Gasteiger partial charge in [0.05, 0.1) is 23.5 Å². The van der Waals surface area contributed by atoms with Crippen LogP contribution in [0, 0.1) is 18.3 Å². The Morgan fingerprint density at radius 2 is 2.33 bits per heavy atom. The molecule has 1 aromatic heterocycles. The number of pyridine rings is 1. The monoisotopic (exact) mass is 292 g/mol. The van der Waals surface area contributed by atoms with Crippen molar-refractivity contribution in [2.75, 3.05) is 19.8 Å². The second kappa shape index (κ2) is 4.79. The van der Waals surface area contributed by atoms with E-state index in [1.54, 1.807) is 11.8 Å². The highest BCUT2D eigenvalue weighted by Gasteiger charge is 2.54. The van der Waals surface area contributed by atoms with Gasteiger partial charge in [-0.2, -0.15) is 0 Å². The molecule has 1 N–H and O–H groups in total. The van der Waals surface area contributed by atoms with Gasteiger partial charge in [0.15, 0.2) is 0 Å². The Morgan fingerprint density at radius 1 is 1.57 bits per heavy atom. The van der Waals surface area contributed by atoms with E-state index in [-0.39, 0.29) is 22.8 Å². The Morgan fingerprint density at radius 3 is 2.86 bits per heavy atom. The van der Waals surface area contributed by atoms with Gasteiger partial charge in [-0.3, -0.25) is 14.2 Å². The molecular formula is C15H17FN2O3. The number of fused-ring (bicyclic) bond motifs is 1. The molecule has 2 aliphatic rings. The number of amides is 1. The maximum atomic E-state index is 13.2. The van der Waals surface area contributed by atoms with Crippen molar-refractivity contribution in [1.82, 2.24) is 9.88 Å². The molecule has 0 unspecified atom stereocenters. The molecule has 1 aromatic rings. The average molecular weight is 292 g/mol. The molecule has 2 heterocycles. The van der Waals surface area contributed by atoms with Crippen molar-refractivity contribution in [2.45, 2.75) is 19.8 Å². The predicted octanol–water partition coefficient (Wildman–Crippen LogP) is 1.91. The number of hydrogen-bond donors (Lipinski definition) is 1. The van der Waals surface area contributed by atoms with Gasteiger partial charge in [0.2, 0.25) is 0 Å². The minimum atomic E-state index is -1.11. The van der Waals surface area contributed by atoms with Gasteiger partial charge < -0.3 is 10.0 Å². The highest BCUT2D eigenvalue weighted by molar-refractivity contribution is 5.98. The fraction of sp³-hybridized carbons (Fsp3) is 0.533. The first-order valence-corrected chi connectivity index (χ1v) is 7.02. The van der Waals surface area contributed by atoms with Crippen molar-refractivity contribution >= 4 is 11.9 Å². The van der Waals surface area contributed by atoms with E-state index < -0.39 is 12.6 Å². The second-order valence-corrected chi connectivity index (χ2v) is 6.08. The minimum Gasteiger partial charge on any atom is -0.478 e. The number of rotatable bonds is 3. The number of likely N-dealkylation sites (tertiary alicyclic amines) is 1. The van der Waals surface area contributed by atoms with Crippen LogP contribution in [0.1, 0.15) is 39.3 Å². The van der Waals surface area contributed by atoms with Gasteiger partial charge in [-0.1, -0.05) is 0 Å². The quantitative estimate of drug-likeness (QED) is 0.924. The third-order valence-electron chi connectivity index (χ3n) is 4.92. The molecule has 1 saturated carbocycles. The molecule has 0 bridgehead atoms. The maximum absolute atomic E-state index is 13.2. The van der Waals surface area contributed by atoms with Crippen molar-refractivity contribution in [1.29, 1.82) is 0 Å². The van der Waals surface area contributed by atoms with E-state index in [0.29, 0.717) is 24.3 Å². The molecule has 6 heteroatoms. The first-order valence-electron chi connectivity index (χ1n) is 7.02. The zero-order valence-electron chi connectivity index (χ0n) is 11.8. The van der Waals surface area contributed by atoms with E-state index in [9.17, 15) is 14.0 Å². The zero-order chi connectivity index (χ0) is 15.2. The number of hydrogen-bond acceptors (Lipinski definition) is 3. The Bertz CT molecular complexity index is 615. The van der Waals surface area contributed by atoms with Gasteiger partial charge in [0.25, 0.3) is 5.91 Å². The lowest BCUT2D eigenvalue weighted by Gasteiger charge is -2.41. The molecule has 1 aliphatic carbocycles. The van der Waals surface area contributed by atoms with Crippen LogP contribution in [0.25, 0.3) is 0 Å². The Kier molecular flexibility index (Phi) is 3.19. The van der Waals surface area contributed by atoms with Gasteiger partial charge in [-0.15, -0.1) is 0 Å². The molecule has 0 spiro atoms. The summed E-state index contributed by atoms with van der Waals surface area (Å²) in [6.07, 6.45) is 3.02. The van der Waals surface area contributed by atoms with Gasteiger partial charge >= 0.3 is 5.97 Å². The summed E-state index contributed by atoms with van der Waals surface area (Å²) in [4.78, 5) is 29.2. The Balaban J connectivity index is 1.86. The van der Waals surface area contributed by atoms with Crippen LogP contribution in [-0.4, -0.2) is 46.6 Å². The van der Waals surface area contributed by atoms with Gasteiger partial charge in [0.1, 0.15) is 0 Å². The first kappa shape index (κ1) is 14.0. The average Bonchev–Trinajstić information content (AvgIpc) is 2.70. The smallest absolute Gasteiger partial charge is 0.337 e. The lowest BCUT2D eigenvalue weighted by Crippen LogP contribution is -2.41. The van der Waals surface area contributed by atoms with Gasteiger partial charge in [0, 0.05) is 24.7 Å². The normalized spacial score (nSPS) is 27.1. The topological polar surface area (TPSA) is 70.5 Å². The van der Waals surface area contributed by atoms with Crippen LogP contribution >= 0.6 is 0 Å². The van der Waals surface area contributed by atoms with Crippen LogP contribution in [0.15, 0.2) is 12.3 Å². The van der Waals surface area contributed by atoms with Crippen molar-refractivity contribution in [2.24, 2.45) is 11.3 Å². The standard InChI is InChI=1S/C15H17FN2O3/c1-9-12(4-10(5-17-9)14(20)21)13(19)18-6-11-2-3-15(11,7-16)8-18/h4-5,11H,2-3,6-8H2,1H3,(H,20,21)/t11-,15-/m0/s1. The third kappa shape index (κ3) is 2.09. The molecule has 1 aliphatic heterocycles. The van der Waals surface area contributed by atoms with E-state index in [2.05, 4.69) is 4.98 Å². The van der Waals surface area contributed by atoms with E-state index in [1.807, 2.05) is 0 Å². The number of aromatic nitrogens is 1. The van der Waals surface area contributed by atoms with Crippen LogP contribution in [0.5, 0.6) is 0 Å². The molecule has 21 heavy (non-hydrogen) atoms. The summed E-state index contributed by atoms with van der Waals surface area (Å²) in [5.74, 6) is -1.12. The molecule has 1 saturated heterocycles. The number of carboxylic acid groups (broad SMARTS) is 1. The van der Waals surface area contributed by atoms with Crippen LogP contribution < -0.4 is 0 Å². The highest BCUT2D eigenvalue weighted by atomic mass is 19.1.